The molecule has 71 valence electrons. The Morgan fingerprint density at radius 1 is 1.00 bits per heavy atom. The number of hydrogen-bond acceptors (Lipinski definition) is 0. The third kappa shape index (κ3) is 3.16. The van der Waals surface area contributed by atoms with Gasteiger partial charge in [-0.25, -0.2) is 0 Å². The highest BCUT2D eigenvalue weighted by molar-refractivity contribution is 4.76. The monoisotopic (exact) mass is 167 g/mol. The van der Waals surface area contributed by atoms with Gasteiger partial charge in [0, 0.05) is 0 Å². The number of hydrogen-bond donors (Lipinski definition) is 0. The first-order valence-electron chi connectivity index (χ1n) is 5.56. The summed E-state index contributed by atoms with van der Waals surface area (Å²) in [6, 6.07) is 0. The van der Waals surface area contributed by atoms with Crippen molar-refractivity contribution in [3.8, 4) is 0 Å². The Bertz CT molecular complexity index is 107. The van der Waals surface area contributed by atoms with Crippen molar-refractivity contribution < 1.29 is 0 Å². The molecule has 0 unspecified atom stereocenters. The van der Waals surface area contributed by atoms with E-state index >= 15 is 0 Å². The van der Waals surface area contributed by atoms with Gasteiger partial charge in [0.05, 0.1) is 0 Å². The Morgan fingerprint density at radius 3 is 2.00 bits per heavy atom. The van der Waals surface area contributed by atoms with E-state index in [1.165, 1.54) is 51.4 Å². The molecule has 0 nitrogen and oxygen atoms in total. The highest BCUT2D eigenvalue weighted by atomic mass is 14.3. The number of rotatable bonds is 2. The van der Waals surface area contributed by atoms with Crippen molar-refractivity contribution in [3.63, 3.8) is 0 Å². The molecule has 0 aromatic heterocycles. The molecule has 0 aromatic rings. The summed E-state index contributed by atoms with van der Waals surface area (Å²) in [5.74, 6) is 0. The SMILES string of the molecule is [CH2]CCC1(C)CCCCCCC1. The Balaban J connectivity index is 2.36. The van der Waals surface area contributed by atoms with Crippen LogP contribution in [0.5, 0.6) is 0 Å². The van der Waals surface area contributed by atoms with E-state index in [-0.39, 0.29) is 0 Å². The van der Waals surface area contributed by atoms with E-state index in [1.807, 2.05) is 0 Å². The van der Waals surface area contributed by atoms with Crippen LogP contribution in [-0.4, -0.2) is 0 Å². The van der Waals surface area contributed by atoms with E-state index < -0.39 is 0 Å². The van der Waals surface area contributed by atoms with Gasteiger partial charge in [-0.1, -0.05) is 52.4 Å². The van der Waals surface area contributed by atoms with Crippen LogP contribution in [0.3, 0.4) is 0 Å². The van der Waals surface area contributed by atoms with Gasteiger partial charge in [-0.2, -0.15) is 0 Å². The summed E-state index contributed by atoms with van der Waals surface area (Å²) >= 11 is 0. The van der Waals surface area contributed by atoms with Crippen molar-refractivity contribution in [2.45, 2.75) is 64.7 Å². The second-order valence-corrected chi connectivity index (χ2v) is 4.68. The van der Waals surface area contributed by atoms with Crippen molar-refractivity contribution >= 4 is 0 Å². The molecule has 0 N–H and O–H groups in total. The van der Waals surface area contributed by atoms with Crippen molar-refractivity contribution in [2.24, 2.45) is 5.41 Å². The topological polar surface area (TPSA) is 0 Å². The van der Waals surface area contributed by atoms with Gasteiger partial charge in [0.15, 0.2) is 0 Å². The molecular weight excluding hydrogens is 144 g/mol. The maximum atomic E-state index is 3.98. The Labute approximate surface area is 77.7 Å². The molecule has 1 radical (unpaired) electrons. The van der Waals surface area contributed by atoms with Crippen LogP contribution in [0.15, 0.2) is 0 Å². The summed E-state index contributed by atoms with van der Waals surface area (Å²) in [6.07, 6.45) is 12.7. The van der Waals surface area contributed by atoms with Gasteiger partial charge in [0.2, 0.25) is 0 Å². The first-order valence-corrected chi connectivity index (χ1v) is 5.56. The van der Waals surface area contributed by atoms with Crippen molar-refractivity contribution in [1.29, 1.82) is 0 Å². The minimum atomic E-state index is 0.641. The molecule has 0 saturated heterocycles. The summed E-state index contributed by atoms with van der Waals surface area (Å²) in [6.45, 7) is 6.44. The van der Waals surface area contributed by atoms with Gasteiger partial charge < -0.3 is 0 Å². The van der Waals surface area contributed by atoms with Crippen LogP contribution in [0, 0.1) is 12.3 Å². The van der Waals surface area contributed by atoms with Crippen molar-refractivity contribution in [3.05, 3.63) is 6.92 Å². The first-order chi connectivity index (χ1) is 5.77. The summed E-state index contributed by atoms with van der Waals surface area (Å²) in [4.78, 5) is 0. The maximum Gasteiger partial charge on any atom is -0.0326 e. The van der Waals surface area contributed by atoms with Gasteiger partial charge in [0.25, 0.3) is 0 Å². The smallest absolute Gasteiger partial charge is 0.0326 e. The van der Waals surface area contributed by atoms with E-state index in [4.69, 9.17) is 0 Å². The molecular formula is C12H23. The fourth-order valence-corrected chi connectivity index (χ4v) is 2.44. The largest absolute Gasteiger partial charge is 0.0596 e. The molecule has 12 heavy (non-hydrogen) atoms. The zero-order chi connectivity index (χ0) is 8.86. The van der Waals surface area contributed by atoms with Crippen molar-refractivity contribution in [1.82, 2.24) is 0 Å². The minimum Gasteiger partial charge on any atom is -0.0596 e. The van der Waals surface area contributed by atoms with Gasteiger partial charge in [-0.15, -0.1) is 0 Å². The Morgan fingerprint density at radius 2 is 1.50 bits per heavy atom. The van der Waals surface area contributed by atoms with Crippen LogP contribution in [0.25, 0.3) is 0 Å². The minimum absolute atomic E-state index is 0.641. The summed E-state index contributed by atoms with van der Waals surface area (Å²) in [5.41, 5.74) is 0.641. The molecule has 0 atom stereocenters. The molecule has 1 rings (SSSR count). The second kappa shape index (κ2) is 4.89. The van der Waals surface area contributed by atoms with Gasteiger partial charge in [0.1, 0.15) is 0 Å². The second-order valence-electron chi connectivity index (χ2n) is 4.68. The maximum absolute atomic E-state index is 3.98. The lowest BCUT2D eigenvalue weighted by atomic mass is 9.75. The van der Waals surface area contributed by atoms with Crippen molar-refractivity contribution in [2.75, 3.05) is 0 Å². The molecule has 1 aliphatic rings. The van der Waals surface area contributed by atoms with Crippen LogP contribution >= 0.6 is 0 Å². The normalized spacial score (nSPS) is 24.5. The van der Waals surface area contributed by atoms with E-state index in [0.717, 1.165) is 6.42 Å². The molecule has 1 aliphatic carbocycles. The Hall–Kier alpha value is 0. The Kier molecular flexibility index (Phi) is 4.11. The highest BCUT2D eigenvalue weighted by Gasteiger charge is 2.23. The first kappa shape index (κ1) is 10.1. The van der Waals surface area contributed by atoms with Crippen LogP contribution in [-0.2, 0) is 0 Å². The molecule has 0 spiro atoms. The zero-order valence-corrected chi connectivity index (χ0v) is 8.57. The molecule has 0 amide bonds. The van der Waals surface area contributed by atoms with E-state index in [1.54, 1.807) is 0 Å². The van der Waals surface area contributed by atoms with Gasteiger partial charge >= 0.3 is 0 Å². The molecule has 1 saturated carbocycles. The van der Waals surface area contributed by atoms with Crippen LogP contribution in [0.1, 0.15) is 64.7 Å². The van der Waals surface area contributed by atoms with E-state index in [0.29, 0.717) is 5.41 Å². The van der Waals surface area contributed by atoms with Crippen LogP contribution in [0.4, 0.5) is 0 Å². The molecule has 0 aliphatic heterocycles. The average Bonchev–Trinajstić information content (AvgIpc) is 1.99. The molecule has 1 fully saturated rings. The van der Waals surface area contributed by atoms with E-state index in [2.05, 4.69) is 13.8 Å². The predicted octanol–water partition coefficient (Wildman–Crippen LogP) is 4.35. The quantitative estimate of drug-likeness (QED) is 0.573. The fourth-order valence-electron chi connectivity index (χ4n) is 2.44. The van der Waals surface area contributed by atoms with Crippen LogP contribution in [0.2, 0.25) is 0 Å². The summed E-state index contributed by atoms with van der Waals surface area (Å²) in [5, 5.41) is 0. The standard InChI is InChI=1S/C12H23/c1-3-9-12(2)10-7-5-4-6-8-11-12/h1,3-11H2,2H3. The lowest BCUT2D eigenvalue weighted by Gasteiger charge is -2.31. The third-order valence-corrected chi connectivity index (χ3v) is 3.34. The average molecular weight is 167 g/mol. The van der Waals surface area contributed by atoms with Gasteiger partial charge in [-0.3, -0.25) is 0 Å². The lowest BCUT2D eigenvalue weighted by molar-refractivity contribution is 0.220. The molecule has 0 heterocycles. The molecule has 0 aromatic carbocycles. The third-order valence-electron chi connectivity index (χ3n) is 3.34. The lowest BCUT2D eigenvalue weighted by Crippen LogP contribution is -2.17. The summed E-state index contributed by atoms with van der Waals surface area (Å²) in [7, 11) is 0. The molecule has 0 bridgehead atoms. The van der Waals surface area contributed by atoms with Gasteiger partial charge in [-0.05, 0) is 24.7 Å². The zero-order valence-electron chi connectivity index (χ0n) is 8.57. The predicted molar refractivity (Wildman–Crippen MR) is 55.0 cm³/mol. The van der Waals surface area contributed by atoms with Crippen LogP contribution < -0.4 is 0 Å². The fraction of sp³-hybridized carbons (Fsp3) is 0.917. The highest BCUT2D eigenvalue weighted by Crippen LogP contribution is 2.37. The summed E-state index contributed by atoms with van der Waals surface area (Å²) < 4.78 is 0. The van der Waals surface area contributed by atoms with E-state index in [9.17, 15) is 0 Å². The molecule has 0 heteroatoms.